The molecule has 1 aromatic carbocycles. The van der Waals surface area contributed by atoms with Crippen LogP contribution < -0.4 is 10.5 Å². The Morgan fingerprint density at radius 2 is 2.06 bits per heavy atom. The van der Waals surface area contributed by atoms with Gasteiger partial charge in [-0.1, -0.05) is 18.3 Å². The number of thiocarbonyl (C=S) groups is 1. The molecule has 0 saturated carbocycles. The minimum Gasteiger partial charge on any atom is -0.492 e. The van der Waals surface area contributed by atoms with Gasteiger partial charge in [0, 0.05) is 0 Å². The molecule has 0 radical (unpaired) electrons. The number of rotatable bonds is 4. The van der Waals surface area contributed by atoms with Gasteiger partial charge in [0.15, 0.2) is 0 Å². The van der Waals surface area contributed by atoms with Crippen LogP contribution in [0, 0.1) is 6.92 Å². The number of nitrogens with two attached hydrogens (primary N) is 1. The topological polar surface area (TPSA) is 35.2 Å². The lowest BCUT2D eigenvalue weighted by molar-refractivity contribution is -0.139. The van der Waals surface area contributed by atoms with Crippen LogP contribution in [0.4, 0.5) is 13.2 Å². The molecule has 0 saturated heterocycles. The lowest BCUT2D eigenvalue weighted by atomic mass is 10.1. The molecule has 1 rings (SSSR count). The second-order valence-electron chi connectivity index (χ2n) is 3.58. The maximum Gasteiger partial charge on any atom is 0.392 e. The number of alkyl halides is 3. The van der Waals surface area contributed by atoms with E-state index in [4.69, 9.17) is 22.7 Å². The maximum atomic E-state index is 12.0. The second-order valence-corrected chi connectivity index (χ2v) is 4.02. The quantitative estimate of drug-likeness (QED) is 0.848. The molecule has 0 spiro atoms. The first-order chi connectivity index (χ1) is 7.79. The van der Waals surface area contributed by atoms with Crippen LogP contribution in [0.15, 0.2) is 18.2 Å². The number of aryl methyl sites for hydroxylation is 1. The molecular weight excluding hydrogens is 251 g/mol. The summed E-state index contributed by atoms with van der Waals surface area (Å²) in [6, 6.07) is 5.02. The molecule has 2 nitrogen and oxygen atoms in total. The zero-order chi connectivity index (χ0) is 13.1. The van der Waals surface area contributed by atoms with Crippen molar-refractivity contribution in [2.75, 3.05) is 6.61 Å². The van der Waals surface area contributed by atoms with Gasteiger partial charge in [0.2, 0.25) is 0 Å². The molecule has 17 heavy (non-hydrogen) atoms. The van der Waals surface area contributed by atoms with Crippen molar-refractivity contribution in [1.29, 1.82) is 0 Å². The largest absolute Gasteiger partial charge is 0.492 e. The summed E-state index contributed by atoms with van der Waals surface area (Å²) in [7, 11) is 0. The number of hydrogen-bond donors (Lipinski definition) is 1. The Morgan fingerprint density at radius 3 is 2.59 bits per heavy atom. The van der Waals surface area contributed by atoms with Crippen LogP contribution in [0.1, 0.15) is 17.5 Å². The van der Waals surface area contributed by atoms with Gasteiger partial charge in [-0.3, -0.25) is 0 Å². The number of ether oxygens (including phenoxy) is 1. The van der Waals surface area contributed by atoms with Crippen molar-refractivity contribution in [2.45, 2.75) is 19.5 Å². The van der Waals surface area contributed by atoms with Crippen molar-refractivity contribution in [3.8, 4) is 5.75 Å². The zero-order valence-electron chi connectivity index (χ0n) is 9.17. The molecule has 2 N–H and O–H groups in total. The Morgan fingerprint density at radius 1 is 1.41 bits per heavy atom. The second kappa shape index (κ2) is 5.35. The fourth-order valence-corrected chi connectivity index (χ4v) is 1.40. The van der Waals surface area contributed by atoms with E-state index in [1.807, 2.05) is 0 Å². The van der Waals surface area contributed by atoms with Crippen LogP contribution in [0.25, 0.3) is 0 Å². The van der Waals surface area contributed by atoms with Crippen molar-refractivity contribution >= 4 is 17.2 Å². The van der Waals surface area contributed by atoms with E-state index in [0.717, 1.165) is 5.56 Å². The minimum atomic E-state index is -4.23. The SMILES string of the molecule is Cc1ccc(C(N)=S)c(OCCC(F)(F)F)c1. The van der Waals surface area contributed by atoms with Gasteiger partial charge in [-0.05, 0) is 24.6 Å². The van der Waals surface area contributed by atoms with E-state index < -0.39 is 19.2 Å². The Hall–Kier alpha value is -1.30. The summed E-state index contributed by atoms with van der Waals surface area (Å²) in [4.78, 5) is 0.104. The van der Waals surface area contributed by atoms with Gasteiger partial charge < -0.3 is 10.5 Å². The van der Waals surface area contributed by atoms with Crippen LogP contribution in [0.5, 0.6) is 5.75 Å². The first-order valence-electron chi connectivity index (χ1n) is 4.89. The highest BCUT2D eigenvalue weighted by Gasteiger charge is 2.27. The molecule has 1 aromatic rings. The third-order valence-electron chi connectivity index (χ3n) is 2.05. The third kappa shape index (κ3) is 4.60. The third-order valence-corrected chi connectivity index (χ3v) is 2.27. The minimum absolute atomic E-state index is 0.104. The highest BCUT2D eigenvalue weighted by Crippen LogP contribution is 2.23. The zero-order valence-corrected chi connectivity index (χ0v) is 9.99. The van der Waals surface area contributed by atoms with E-state index in [9.17, 15) is 13.2 Å². The summed E-state index contributed by atoms with van der Waals surface area (Å²) >= 11 is 4.79. The molecule has 0 aliphatic heterocycles. The standard InChI is InChI=1S/C11H12F3NOS/c1-7-2-3-8(10(15)17)9(6-7)16-5-4-11(12,13)14/h2-3,6H,4-5H2,1H3,(H2,15,17). The highest BCUT2D eigenvalue weighted by atomic mass is 32.1. The predicted octanol–water partition coefficient (Wildman–Crippen LogP) is 2.96. The van der Waals surface area contributed by atoms with Crippen molar-refractivity contribution < 1.29 is 17.9 Å². The molecule has 0 unspecified atom stereocenters. The van der Waals surface area contributed by atoms with E-state index in [0.29, 0.717) is 11.3 Å². The molecule has 0 aliphatic rings. The average Bonchev–Trinajstić information content (AvgIpc) is 2.15. The Bertz CT molecular complexity index is 418. The number of halogens is 3. The summed E-state index contributed by atoms with van der Waals surface area (Å²) in [6.07, 6.45) is -5.23. The first kappa shape index (κ1) is 13.8. The molecule has 0 aliphatic carbocycles. The van der Waals surface area contributed by atoms with E-state index >= 15 is 0 Å². The summed E-state index contributed by atoms with van der Waals surface area (Å²) in [5.74, 6) is 0.293. The normalized spacial score (nSPS) is 11.3. The lowest BCUT2D eigenvalue weighted by Gasteiger charge is -2.12. The van der Waals surface area contributed by atoms with Crippen molar-refractivity contribution in [3.05, 3.63) is 29.3 Å². The average molecular weight is 263 g/mol. The summed E-state index contributed by atoms with van der Waals surface area (Å²) in [6.45, 7) is 1.36. The molecule has 0 amide bonds. The monoisotopic (exact) mass is 263 g/mol. The molecule has 0 fully saturated rings. The Labute approximate surface area is 103 Å². The lowest BCUT2D eigenvalue weighted by Crippen LogP contribution is -2.16. The highest BCUT2D eigenvalue weighted by molar-refractivity contribution is 7.80. The van der Waals surface area contributed by atoms with Gasteiger partial charge in [-0.2, -0.15) is 13.2 Å². The Kier molecular flexibility index (Phi) is 4.34. The molecule has 0 heterocycles. The maximum absolute atomic E-state index is 12.0. The number of benzene rings is 1. The molecule has 0 aromatic heterocycles. The molecule has 0 atom stereocenters. The van der Waals surface area contributed by atoms with Crippen LogP contribution in [-0.2, 0) is 0 Å². The summed E-state index contributed by atoms with van der Waals surface area (Å²) < 4.78 is 41.0. The fraction of sp³-hybridized carbons (Fsp3) is 0.364. The van der Waals surface area contributed by atoms with Crippen molar-refractivity contribution in [2.24, 2.45) is 5.73 Å². The van der Waals surface area contributed by atoms with Gasteiger partial charge in [0.05, 0.1) is 18.6 Å². The van der Waals surface area contributed by atoms with Crippen LogP contribution in [0.3, 0.4) is 0 Å². The molecular formula is C11H12F3NOS. The first-order valence-corrected chi connectivity index (χ1v) is 5.30. The van der Waals surface area contributed by atoms with Crippen molar-refractivity contribution in [3.63, 3.8) is 0 Å². The molecule has 6 heteroatoms. The summed E-state index contributed by atoms with van der Waals surface area (Å²) in [5.41, 5.74) is 6.77. The van der Waals surface area contributed by atoms with E-state index in [1.165, 1.54) is 0 Å². The fourth-order valence-electron chi connectivity index (χ4n) is 1.23. The Balaban J connectivity index is 2.75. The van der Waals surface area contributed by atoms with Crippen molar-refractivity contribution in [1.82, 2.24) is 0 Å². The summed E-state index contributed by atoms with van der Waals surface area (Å²) in [5, 5.41) is 0. The van der Waals surface area contributed by atoms with Gasteiger partial charge in [-0.15, -0.1) is 0 Å². The predicted molar refractivity (Wildman–Crippen MR) is 63.2 cm³/mol. The number of hydrogen-bond acceptors (Lipinski definition) is 2. The van der Waals surface area contributed by atoms with Gasteiger partial charge >= 0.3 is 6.18 Å². The van der Waals surface area contributed by atoms with Gasteiger partial charge in [0.1, 0.15) is 10.7 Å². The van der Waals surface area contributed by atoms with Gasteiger partial charge in [0.25, 0.3) is 0 Å². The van der Waals surface area contributed by atoms with Gasteiger partial charge in [-0.25, -0.2) is 0 Å². The smallest absolute Gasteiger partial charge is 0.392 e. The molecule has 0 bridgehead atoms. The van der Waals surface area contributed by atoms with E-state index in [-0.39, 0.29) is 4.99 Å². The van der Waals surface area contributed by atoms with E-state index in [2.05, 4.69) is 0 Å². The van der Waals surface area contributed by atoms with Crippen LogP contribution >= 0.6 is 12.2 Å². The van der Waals surface area contributed by atoms with Crippen LogP contribution in [-0.4, -0.2) is 17.8 Å². The van der Waals surface area contributed by atoms with E-state index in [1.54, 1.807) is 25.1 Å². The van der Waals surface area contributed by atoms with Crippen LogP contribution in [0.2, 0.25) is 0 Å². The molecule has 94 valence electrons.